The second-order valence-electron chi connectivity index (χ2n) is 12.0. The molecule has 2 heterocycles. The molecule has 0 saturated carbocycles. The Morgan fingerprint density at radius 1 is 0.413 bits per heavy atom. The number of hydrogen-bond acceptors (Lipinski definition) is 2. The highest BCUT2D eigenvalue weighted by atomic mass is 32.1. The van der Waals surface area contributed by atoms with Crippen molar-refractivity contribution < 1.29 is 4.42 Å². The Balaban J connectivity index is 1.24. The third-order valence-electron chi connectivity index (χ3n) is 9.52. The number of thiophene rings is 1. The molecule has 0 saturated heterocycles. The second-order valence-corrected chi connectivity index (χ2v) is 13.1. The van der Waals surface area contributed by atoms with E-state index in [9.17, 15) is 0 Å². The van der Waals surface area contributed by atoms with Crippen molar-refractivity contribution in [3.05, 3.63) is 158 Å². The molecule has 0 radical (unpaired) electrons. The maximum atomic E-state index is 6.07. The van der Waals surface area contributed by atoms with E-state index in [1.54, 1.807) is 0 Å². The third kappa shape index (κ3) is 3.74. The van der Waals surface area contributed by atoms with Gasteiger partial charge in [0.05, 0.1) is 6.26 Å². The fourth-order valence-corrected chi connectivity index (χ4v) is 8.73. The summed E-state index contributed by atoms with van der Waals surface area (Å²) in [5.74, 6) is 0. The summed E-state index contributed by atoms with van der Waals surface area (Å²) in [6, 6.07) is 55.2. The van der Waals surface area contributed by atoms with E-state index in [4.69, 9.17) is 4.42 Å². The third-order valence-corrected chi connectivity index (χ3v) is 10.7. The van der Waals surface area contributed by atoms with Crippen LogP contribution in [0.2, 0.25) is 0 Å². The van der Waals surface area contributed by atoms with Crippen molar-refractivity contribution in [3.63, 3.8) is 0 Å². The average Bonchev–Trinajstić information content (AvgIpc) is 3.72. The molecule has 214 valence electrons. The zero-order valence-electron chi connectivity index (χ0n) is 24.8. The first-order chi connectivity index (χ1) is 22.8. The van der Waals surface area contributed by atoms with Crippen LogP contribution in [0.3, 0.4) is 0 Å². The van der Waals surface area contributed by atoms with Crippen LogP contribution >= 0.6 is 11.3 Å². The summed E-state index contributed by atoms with van der Waals surface area (Å²) in [7, 11) is 0. The van der Waals surface area contributed by atoms with Gasteiger partial charge < -0.3 is 4.42 Å². The van der Waals surface area contributed by atoms with Crippen LogP contribution < -0.4 is 0 Å². The summed E-state index contributed by atoms with van der Waals surface area (Å²) >= 11 is 1.87. The molecule has 0 aliphatic heterocycles. The molecule has 0 atom stereocenters. The molecule has 0 aliphatic rings. The minimum atomic E-state index is 0.930. The molecule has 0 spiro atoms. The van der Waals surface area contributed by atoms with Crippen LogP contribution in [-0.2, 0) is 0 Å². The van der Waals surface area contributed by atoms with Gasteiger partial charge >= 0.3 is 0 Å². The van der Waals surface area contributed by atoms with Crippen molar-refractivity contribution in [1.82, 2.24) is 0 Å². The molecule has 2 heteroatoms. The zero-order valence-corrected chi connectivity index (χ0v) is 25.6. The van der Waals surface area contributed by atoms with E-state index in [-0.39, 0.29) is 0 Å². The lowest BCUT2D eigenvalue weighted by Crippen LogP contribution is -1.90. The smallest absolute Gasteiger partial charge is 0.135 e. The lowest BCUT2D eigenvalue weighted by atomic mass is 9.85. The molecular weight excluding hydrogens is 577 g/mol. The van der Waals surface area contributed by atoms with Gasteiger partial charge in [-0.1, -0.05) is 127 Å². The first-order valence-electron chi connectivity index (χ1n) is 15.7. The van der Waals surface area contributed by atoms with Crippen molar-refractivity contribution >= 4 is 74.8 Å². The molecule has 8 aromatic carbocycles. The van der Waals surface area contributed by atoms with Gasteiger partial charge in [-0.25, -0.2) is 0 Å². The van der Waals surface area contributed by atoms with Crippen molar-refractivity contribution in [2.24, 2.45) is 0 Å². The summed E-state index contributed by atoms with van der Waals surface area (Å²) in [6.07, 6.45) is 1.91. The van der Waals surface area contributed by atoms with Crippen LogP contribution in [0.5, 0.6) is 0 Å². The molecule has 1 nitrogen and oxygen atoms in total. The number of furan rings is 1. The number of hydrogen-bond donors (Lipinski definition) is 0. The van der Waals surface area contributed by atoms with Gasteiger partial charge in [-0.3, -0.25) is 0 Å². The maximum absolute atomic E-state index is 6.07. The van der Waals surface area contributed by atoms with Crippen LogP contribution in [0.1, 0.15) is 0 Å². The highest BCUT2D eigenvalue weighted by Gasteiger charge is 2.19. The Hall–Kier alpha value is -5.70. The maximum Gasteiger partial charge on any atom is 0.135 e. The van der Waals surface area contributed by atoms with E-state index >= 15 is 0 Å². The summed E-state index contributed by atoms with van der Waals surface area (Å²) in [5, 5.41) is 11.4. The quantitative estimate of drug-likeness (QED) is 0.183. The van der Waals surface area contributed by atoms with E-state index < -0.39 is 0 Å². The summed E-state index contributed by atoms with van der Waals surface area (Å²) < 4.78 is 8.64. The lowest BCUT2D eigenvalue weighted by Gasteiger charge is -2.18. The molecule has 0 N–H and O–H groups in total. The van der Waals surface area contributed by atoms with E-state index in [0.29, 0.717) is 0 Å². The van der Waals surface area contributed by atoms with Gasteiger partial charge in [0, 0.05) is 31.1 Å². The van der Waals surface area contributed by atoms with Gasteiger partial charge in [0.1, 0.15) is 5.58 Å². The Morgan fingerprint density at radius 3 is 1.72 bits per heavy atom. The first-order valence-corrected chi connectivity index (χ1v) is 16.5. The molecule has 0 unspecified atom stereocenters. The largest absolute Gasteiger partial charge is 0.464 e. The van der Waals surface area contributed by atoms with Crippen LogP contribution in [-0.4, -0.2) is 0 Å². The average molecular weight is 603 g/mol. The molecule has 2 aromatic heterocycles. The Kier molecular flexibility index (Phi) is 5.51. The van der Waals surface area contributed by atoms with Crippen molar-refractivity contribution in [2.75, 3.05) is 0 Å². The van der Waals surface area contributed by atoms with Gasteiger partial charge in [0.2, 0.25) is 0 Å². The lowest BCUT2D eigenvalue weighted by molar-refractivity contribution is 0.617. The van der Waals surface area contributed by atoms with Crippen LogP contribution in [0.25, 0.3) is 96.8 Å². The summed E-state index contributed by atoms with van der Waals surface area (Å²) in [6.45, 7) is 0. The van der Waals surface area contributed by atoms with Crippen LogP contribution in [0.15, 0.2) is 162 Å². The van der Waals surface area contributed by atoms with E-state index in [0.717, 1.165) is 11.1 Å². The number of rotatable bonds is 3. The number of fused-ring (bicyclic) bond motifs is 8. The summed E-state index contributed by atoms with van der Waals surface area (Å²) in [5.41, 5.74) is 8.32. The molecule has 0 amide bonds. The van der Waals surface area contributed by atoms with Gasteiger partial charge in [-0.15, -0.1) is 11.3 Å². The Labute approximate surface area is 269 Å². The van der Waals surface area contributed by atoms with Crippen molar-refractivity contribution in [3.8, 4) is 33.4 Å². The van der Waals surface area contributed by atoms with E-state index in [1.165, 1.54) is 85.7 Å². The van der Waals surface area contributed by atoms with Gasteiger partial charge in [-0.2, -0.15) is 0 Å². The van der Waals surface area contributed by atoms with Crippen LogP contribution in [0, 0.1) is 0 Å². The zero-order chi connectivity index (χ0) is 30.2. The molecule has 0 aliphatic carbocycles. The molecule has 10 rings (SSSR count). The predicted octanol–water partition coefficient (Wildman–Crippen LogP) is 13.3. The van der Waals surface area contributed by atoms with Crippen LogP contribution in [0.4, 0.5) is 0 Å². The minimum absolute atomic E-state index is 0.930. The standard InChI is InChI=1S/C44H26OS/c1-2-11-28(12-3-1)38-26-45-39-23-22-37-32-21-20-31(25-40(32)46-44(37)43(38)39)42-35-16-8-6-14-33(35)41(34-15-7-9-17-36(34)42)30-19-18-27-10-4-5-13-29(27)24-30/h1-26H. The number of benzene rings is 8. The highest BCUT2D eigenvalue weighted by Crippen LogP contribution is 2.47. The van der Waals surface area contributed by atoms with Crippen molar-refractivity contribution in [2.45, 2.75) is 0 Å². The van der Waals surface area contributed by atoms with E-state index in [2.05, 4.69) is 152 Å². The topological polar surface area (TPSA) is 13.1 Å². The monoisotopic (exact) mass is 602 g/mol. The fourth-order valence-electron chi connectivity index (χ4n) is 7.44. The molecule has 10 aromatic rings. The Bertz CT molecular complexity index is 2740. The normalized spacial score (nSPS) is 11.9. The first kappa shape index (κ1) is 25.6. The SMILES string of the molecule is c1ccc(-c2coc3ccc4c5ccc(-c6c7ccccc7c(-c7ccc8ccccc8c7)c7ccccc67)cc5sc4c23)cc1. The minimum Gasteiger partial charge on any atom is -0.464 e. The second kappa shape index (κ2) is 9.90. The molecule has 0 bridgehead atoms. The molecule has 46 heavy (non-hydrogen) atoms. The molecule has 0 fully saturated rings. The van der Waals surface area contributed by atoms with Crippen molar-refractivity contribution in [1.29, 1.82) is 0 Å². The van der Waals surface area contributed by atoms with Gasteiger partial charge in [-0.05, 0) is 84.4 Å². The molecular formula is C44H26OS. The predicted molar refractivity (Wildman–Crippen MR) is 198 cm³/mol. The fraction of sp³-hybridized carbons (Fsp3) is 0. The Morgan fingerprint density at radius 2 is 1.00 bits per heavy atom. The summed E-state index contributed by atoms with van der Waals surface area (Å²) in [4.78, 5) is 0. The van der Waals surface area contributed by atoms with Gasteiger partial charge in [0.25, 0.3) is 0 Å². The highest BCUT2D eigenvalue weighted by molar-refractivity contribution is 7.26. The van der Waals surface area contributed by atoms with Gasteiger partial charge in [0.15, 0.2) is 0 Å². The van der Waals surface area contributed by atoms with E-state index in [1.807, 2.05) is 17.6 Å².